The quantitative estimate of drug-likeness (QED) is 0.691. The minimum absolute atomic E-state index is 0.209. The van der Waals surface area contributed by atoms with Gasteiger partial charge in [-0.3, -0.25) is 0 Å². The minimum Gasteiger partial charge on any atom is -0.444 e. The van der Waals surface area contributed by atoms with Crippen LogP contribution >= 0.6 is 11.6 Å². The lowest BCUT2D eigenvalue weighted by molar-refractivity contribution is 0.445. The molecule has 0 saturated heterocycles. The highest BCUT2D eigenvalue weighted by molar-refractivity contribution is 6.20. The molecule has 110 valence electrons. The van der Waals surface area contributed by atoms with Crippen molar-refractivity contribution < 1.29 is 4.42 Å². The van der Waals surface area contributed by atoms with Gasteiger partial charge in [-0.15, -0.1) is 11.6 Å². The molecule has 1 atom stereocenters. The van der Waals surface area contributed by atoms with Crippen LogP contribution in [0.3, 0.4) is 0 Å². The molecule has 3 aromatic heterocycles. The van der Waals surface area contributed by atoms with Gasteiger partial charge in [-0.1, -0.05) is 6.92 Å². The summed E-state index contributed by atoms with van der Waals surface area (Å²) in [6, 6.07) is 1.95. The number of imidazole rings is 1. The van der Waals surface area contributed by atoms with Crippen LogP contribution < -0.4 is 0 Å². The molecule has 0 aliphatic rings. The zero-order chi connectivity index (χ0) is 15.0. The molecule has 6 heteroatoms. The van der Waals surface area contributed by atoms with E-state index in [1.807, 2.05) is 31.4 Å². The predicted octanol–water partition coefficient (Wildman–Crippen LogP) is 3.64. The zero-order valence-electron chi connectivity index (χ0n) is 12.3. The number of pyridine rings is 1. The van der Waals surface area contributed by atoms with Crippen molar-refractivity contribution in [2.45, 2.75) is 39.1 Å². The molecule has 5 nitrogen and oxygen atoms in total. The molecule has 3 rings (SSSR count). The van der Waals surface area contributed by atoms with Crippen LogP contribution in [0.2, 0.25) is 0 Å². The van der Waals surface area contributed by atoms with Gasteiger partial charge < -0.3 is 8.98 Å². The molecule has 0 bridgehead atoms. The SMILES string of the molecule is CCc1cnc(Cn2c(C(C)Cl)nc3c(C)ccnc32)o1. The fraction of sp³-hybridized carbons (Fsp3) is 0.400. The lowest BCUT2D eigenvalue weighted by atomic mass is 10.3. The topological polar surface area (TPSA) is 56.7 Å². The second kappa shape index (κ2) is 5.48. The van der Waals surface area contributed by atoms with Crippen LogP contribution in [-0.2, 0) is 13.0 Å². The Balaban J connectivity index is 2.11. The third-order valence-corrected chi connectivity index (χ3v) is 3.66. The minimum atomic E-state index is -0.209. The molecule has 0 N–H and O–H groups in total. The number of hydrogen-bond acceptors (Lipinski definition) is 4. The van der Waals surface area contributed by atoms with Gasteiger partial charge in [-0.2, -0.15) is 0 Å². The van der Waals surface area contributed by atoms with E-state index < -0.39 is 0 Å². The van der Waals surface area contributed by atoms with Gasteiger partial charge in [0.2, 0.25) is 5.89 Å². The molecule has 0 radical (unpaired) electrons. The van der Waals surface area contributed by atoms with Crippen molar-refractivity contribution in [3.05, 3.63) is 41.5 Å². The molecule has 0 fully saturated rings. The Morgan fingerprint density at radius 2 is 2.19 bits per heavy atom. The first-order valence-corrected chi connectivity index (χ1v) is 7.43. The van der Waals surface area contributed by atoms with Crippen molar-refractivity contribution in [2.75, 3.05) is 0 Å². The van der Waals surface area contributed by atoms with Crippen molar-refractivity contribution >= 4 is 22.8 Å². The number of nitrogens with zero attached hydrogens (tertiary/aromatic N) is 4. The van der Waals surface area contributed by atoms with E-state index in [1.54, 1.807) is 12.4 Å². The predicted molar refractivity (Wildman–Crippen MR) is 81.5 cm³/mol. The standard InChI is InChI=1S/C15H17ClN4O/c1-4-11-7-18-12(21-11)8-20-14(10(3)16)19-13-9(2)5-6-17-15(13)20/h5-7,10H,4,8H2,1-3H3. The number of oxazole rings is 1. The molecule has 0 amide bonds. The van der Waals surface area contributed by atoms with Crippen LogP contribution in [0.15, 0.2) is 22.9 Å². The van der Waals surface area contributed by atoms with Gasteiger partial charge in [0.25, 0.3) is 0 Å². The first-order valence-electron chi connectivity index (χ1n) is 6.99. The third-order valence-electron chi connectivity index (χ3n) is 3.46. The molecule has 3 aromatic rings. The second-order valence-electron chi connectivity index (χ2n) is 5.05. The first kappa shape index (κ1) is 14.1. The summed E-state index contributed by atoms with van der Waals surface area (Å²) in [4.78, 5) is 13.4. The Kier molecular flexibility index (Phi) is 3.68. The Morgan fingerprint density at radius 1 is 1.38 bits per heavy atom. The van der Waals surface area contributed by atoms with Gasteiger partial charge in [0.1, 0.15) is 23.6 Å². The summed E-state index contributed by atoms with van der Waals surface area (Å²) in [5, 5.41) is -0.209. The Hall–Kier alpha value is -1.88. The lowest BCUT2D eigenvalue weighted by Gasteiger charge is -2.07. The molecule has 1 unspecified atom stereocenters. The normalized spacial score (nSPS) is 13.0. The summed E-state index contributed by atoms with van der Waals surface area (Å²) >= 11 is 6.27. The molecular weight excluding hydrogens is 288 g/mol. The van der Waals surface area contributed by atoms with E-state index in [0.717, 1.165) is 34.7 Å². The number of aryl methyl sites for hydroxylation is 2. The van der Waals surface area contributed by atoms with Crippen LogP contribution in [0.5, 0.6) is 0 Å². The van der Waals surface area contributed by atoms with E-state index in [2.05, 4.69) is 15.0 Å². The van der Waals surface area contributed by atoms with Gasteiger partial charge in [-0.25, -0.2) is 15.0 Å². The fourth-order valence-corrected chi connectivity index (χ4v) is 2.50. The third kappa shape index (κ3) is 2.53. The molecule has 3 heterocycles. The molecule has 0 aliphatic heterocycles. The van der Waals surface area contributed by atoms with Crippen molar-refractivity contribution in [1.82, 2.24) is 19.5 Å². The summed E-state index contributed by atoms with van der Waals surface area (Å²) in [5.41, 5.74) is 2.77. The summed E-state index contributed by atoms with van der Waals surface area (Å²) in [7, 11) is 0. The average Bonchev–Trinajstić information content (AvgIpc) is 3.05. The molecular formula is C15H17ClN4O. The van der Waals surface area contributed by atoms with Gasteiger partial charge in [-0.05, 0) is 25.5 Å². The largest absolute Gasteiger partial charge is 0.444 e. The van der Waals surface area contributed by atoms with Gasteiger partial charge >= 0.3 is 0 Å². The van der Waals surface area contributed by atoms with E-state index in [0.29, 0.717) is 12.4 Å². The lowest BCUT2D eigenvalue weighted by Crippen LogP contribution is -2.06. The van der Waals surface area contributed by atoms with Crippen molar-refractivity contribution in [3.63, 3.8) is 0 Å². The molecule has 21 heavy (non-hydrogen) atoms. The van der Waals surface area contributed by atoms with Crippen LogP contribution in [0.25, 0.3) is 11.2 Å². The molecule has 0 aromatic carbocycles. The summed E-state index contributed by atoms with van der Waals surface area (Å²) in [6.45, 7) is 6.44. The second-order valence-corrected chi connectivity index (χ2v) is 5.70. The summed E-state index contributed by atoms with van der Waals surface area (Å²) in [6.07, 6.45) is 4.37. The van der Waals surface area contributed by atoms with Gasteiger partial charge in [0.15, 0.2) is 5.65 Å². The zero-order valence-corrected chi connectivity index (χ0v) is 13.1. The maximum atomic E-state index is 6.27. The highest BCUT2D eigenvalue weighted by Crippen LogP contribution is 2.26. The summed E-state index contributed by atoms with van der Waals surface area (Å²) < 4.78 is 7.67. The number of halogens is 1. The first-order chi connectivity index (χ1) is 10.1. The molecule has 0 saturated carbocycles. The maximum absolute atomic E-state index is 6.27. The van der Waals surface area contributed by atoms with Crippen LogP contribution in [0.4, 0.5) is 0 Å². The van der Waals surface area contributed by atoms with Gasteiger partial charge in [0, 0.05) is 12.6 Å². The van der Waals surface area contributed by atoms with Crippen LogP contribution in [-0.4, -0.2) is 19.5 Å². The molecule has 0 aliphatic carbocycles. The molecule has 0 spiro atoms. The average molecular weight is 305 g/mol. The van der Waals surface area contributed by atoms with Gasteiger partial charge in [0.05, 0.1) is 11.6 Å². The monoisotopic (exact) mass is 304 g/mol. The van der Waals surface area contributed by atoms with Crippen molar-refractivity contribution in [2.24, 2.45) is 0 Å². The van der Waals surface area contributed by atoms with Crippen molar-refractivity contribution in [3.8, 4) is 0 Å². The highest BCUT2D eigenvalue weighted by Gasteiger charge is 2.18. The Bertz CT molecular complexity index is 775. The smallest absolute Gasteiger partial charge is 0.214 e. The van der Waals surface area contributed by atoms with E-state index in [-0.39, 0.29) is 5.38 Å². The van der Waals surface area contributed by atoms with E-state index >= 15 is 0 Å². The number of rotatable bonds is 4. The number of aromatic nitrogens is 4. The Morgan fingerprint density at radius 3 is 2.86 bits per heavy atom. The number of hydrogen-bond donors (Lipinski definition) is 0. The number of fused-ring (bicyclic) bond motifs is 1. The van der Waals surface area contributed by atoms with E-state index in [9.17, 15) is 0 Å². The fourth-order valence-electron chi connectivity index (χ4n) is 2.33. The van der Waals surface area contributed by atoms with Crippen molar-refractivity contribution in [1.29, 1.82) is 0 Å². The van der Waals surface area contributed by atoms with Crippen LogP contribution in [0, 0.1) is 6.92 Å². The van der Waals surface area contributed by atoms with E-state index in [4.69, 9.17) is 16.0 Å². The van der Waals surface area contributed by atoms with Crippen LogP contribution in [0.1, 0.15) is 42.3 Å². The van der Waals surface area contributed by atoms with E-state index in [1.165, 1.54) is 0 Å². The highest BCUT2D eigenvalue weighted by atomic mass is 35.5. The maximum Gasteiger partial charge on any atom is 0.214 e. The Labute approximate surface area is 128 Å². The summed E-state index contributed by atoms with van der Waals surface area (Å²) in [5.74, 6) is 2.30. The number of alkyl halides is 1.